The highest BCUT2D eigenvalue weighted by Gasteiger charge is 2.30. The molecule has 0 aromatic rings. The van der Waals surface area contributed by atoms with Gasteiger partial charge in [-0.2, -0.15) is 0 Å². The lowest BCUT2D eigenvalue weighted by Crippen LogP contribution is -2.22. The van der Waals surface area contributed by atoms with Crippen LogP contribution in [0.1, 0.15) is 32.6 Å². The molecule has 0 saturated heterocycles. The number of carbonyl (C=O) groups is 1. The summed E-state index contributed by atoms with van der Waals surface area (Å²) in [6.07, 6.45) is 4.42. The topological polar surface area (TPSA) is 47.6 Å². The third-order valence-electron chi connectivity index (χ3n) is 2.51. The van der Waals surface area contributed by atoms with E-state index >= 15 is 0 Å². The molecule has 4 heteroatoms. The van der Waals surface area contributed by atoms with Gasteiger partial charge in [-0.05, 0) is 25.8 Å². The van der Waals surface area contributed by atoms with E-state index in [1.807, 2.05) is 0 Å². The minimum atomic E-state index is -0.0512. The second-order valence-corrected chi connectivity index (χ2v) is 4.16. The fourth-order valence-corrected chi connectivity index (χ4v) is 1.31. The number of ether oxygens (including phenoxy) is 2. The zero-order valence-corrected chi connectivity index (χ0v) is 10.2. The van der Waals surface area contributed by atoms with E-state index in [-0.39, 0.29) is 11.9 Å². The van der Waals surface area contributed by atoms with E-state index in [0.717, 1.165) is 25.9 Å². The summed E-state index contributed by atoms with van der Waals surface area (Å²) in [7, 11) is 0. The van der Waals surface area contributed by atoms with Crippen LogP contribution in [0.2, 0.25) is 0 Å². The molecule has 0 aromatic heterocycles. The smallest absolute Gasteiger partial charge is 0.309 e. The fraction of sp³-hybridized carbons (Fsp3) is 0.917. The molecule has 4 nitrogen and oxygen atoms in total. The molecule has 0 heterocycles. The first-order valence-electron chi connectivity index (χ1n) is 6.29. The lowest BCUT2D eigenvalue weighted by Gasteiger charge is -2.06. The molecule has 94 valence electrons. The van der Waals surface area contributed by atoms with Gasteiger partial charge in [0.15, 0.2) is 0 Å². The number of rotatable bonds is 10. The predicted molar refractivity (Wildman–Crippen MR) is 62.3 cm³/mol. The maximum absolute atomic E-state index is 11.1. The predicted octanol–water partition coefficient (Wildman–Crippen LogP) is 1.35. The Morgan fingerprint density at radius 3 is 2.75 bits per heavy atom. The molecule has 0 amide bonds. The first-order chi connectivity index (χ1) is 7.84. The molecule has 0 aliphatic heterocycles. The Morgan fingerprint density at radius 1 is 1.25 bits per heavy atom. The van der Waals surface area contributed by atoms with Gasteiger partial charge in [-0.25, -0.2) is 0 Å². The third kappa shape index (κ3) is 6.80. The summed E-state index contributed by atoms with van der Waals surface area (Å²) in [6, 6.07) is 0. The maximum Gasteiger partial charge on any atom is 0.309 e. The van der Waals surface area contributed by atoms with Crippen molar-refractivity contribution in [2.45, 2.75) is 32.6 Å². The summed E-state index contributed by atoms with van der Waals surface area (Å²) in [5.74, 6) is 0.139. The summed E-state index contributed by atoms with van der Waals surface area (Å²) < 4.78 is 10.4. The highest BCUT2D eigenvalue weighted by Crippen LogP contribution is 2.29. The van der Waals surface area contributed by atoms with Crippen molar-refractivity contribution < 1.29 is 14.3 Å². The molecular formula is C12H23NO3. The molecule has 0 unspecified atom stereocenters. The molecule has 1 saturated carbocycles. The Balaban J connectivity index is 1.72. The molecule has 0 aromatic carbocycles. The third-order valence-corrected chi connectivity index (χ3v) is 2.51. The van der Waals surface area contributed by atoms with Crippen LogP contribution >= 0.6 is 0 Å². The van der Waals surface area contributed by atoms with Gasteiger partial charge in [0.2, 0.25) is 0 Å². The van der Waals surface area contributed by atoms with Gasteiger partial charge in [0.1, 0.15) is 6.61 Å². The highest BCUT2D eigenvalue weighted by molar-refractivity contribution is 5.74. The number of esters is 1. The van der Waals surface area contributed by atoms with Crippen LogP contribution in [0.4, 0.5) is 0 Å². The SMILES string of the molecule is CCCCNCCOCCOC(=O)C1CC1. The monoisotopic (exact) mass is 229 g/mol. The molecule has 16 heavy (non-hydrogen) atoms. The molecule has 1 rings (SSSR count). The van der Waals surface area contributed by atoms with E-state index in [1.54, 1.807) is 0 Å². The van der Waals surface area contributed by atoms with Gasteiger partial charge in [0.05, 0.1) is 19.1 Å². The van der Waals surface area contributed by atoms with E-state index < -0.39 is 0 Å². The molecule has 1 fully saturated rings. The van der Waals surface area contributed by atoms with Crippen molar-refractivity contribution in [3.63, 3.8) is 0 Å². The van der Waals surface area contributed by atoms with Crippen molar-refractivity contribution in [1.29, 1.82) is 0 Å². The maximum atomic E-state index is 11.1. The number of hydrogen-bond donors (Lipinski definition) is 1. The van der Waals surface area contributed by atoms with Crippen LogP contribution in [0.15, 0.2) is 0 Å². The van der Waals surface area contributed by atoms with Gasteiger partial charge in [0.25, 0.3) is 0 Å². The van der Waals surface area contributed by atoms with Gasteiger partial charge in [-0.15, -0.1) is 0 Å². The van der Waals surface area contributed by atoms with Crippen LogP contribution < -0.4 is 5.32 Å². The van der Waals surface area contributed by atoms with E-state index in [0.29, 0.717) is 19.8 Å². The van der Waals surface area contributed by atoms with Gasteiger partial charge in [0, 0.05) is 6.54 Å². The lowest BCUT2D eigenvalue weighted by molar-refractivity contribution is -0.146. The van der Waals surface area contributed by atoms with E-state index in [1.165, 1.54) is 12.8 Å². The lowest BCUT2D eigenvalue weighted by atomic mass is 10.3. The normalized spacial score (nSPS) is 15.1. The molecule has 0 spiro atoms. The summed E-state index contributed by atoms with van der Waals surface area (Å²) in [6.45, 7) is 5.68. The Morgan fingerprint density at radius 2 is 2.06 bits per heavy atom. The molecule has 0 radical (unpaired) electrons. The Hall–Kier alpha value is -0.610. The highest BCUT2D eigenvalue weighted by atomic mass is 16.6. The van der Waals surface area contributed by atoms with Crippen molar-refractivity contribution >= 4 is 5.97 Å². The van der Waals surface area contributed by atoms with Crippen molar-refractivity contribution in [3.8, 4) is 0 Å². The van der Waals surface area contributed by atoms with Gasteiger partial charge in [-0.1, -0.05) is 13.3 Å². The molecule has 1 aliphatic rings. The summed E-state index contributed by atoms with van der Waals surface area (Å²) >= 11 is 0. The van der Waals surface area contributed by atoms with Crippen molar-refractivity contribution in [1.82, 2.24) is 5.32 Å². The second kappa shape index (κ2) is 8.53. The standard InChI is InChI=1S/C12H23NO3/c1-2-3-6-13-7-8-15-9-10-16-12(14)11-4-5-11/h11,13H,2-10H2,1H3. The van der Waals surface area contributed by atoms with Crippen LogP contribution in [0.3, 0.4) is 0 Å². The zero-order chi connectivity index (χ0) is 11.6. The fourth-order valence-electron chi connectivity index (χ4n) is 1.31. The van der Waals surface area contributed by atoms with Crippen molar-refractivity contribution in [3.05, 3.63) is 0 Å². The summed E-state index contributed by atoms with van der Waals surface area (Å²) in [4.78, 5) is 11.1. The minimum Gasteiger partial charge on any atom is -0.463 e. The Labute approximate surface area is 97.7 Å². The minimum absolute atomic E-state index is 0.0512. The van der Waals surface area contributed by atoms with E-state index in [2.05, 4.69) is 12.2 Å². The van der Waals surface area contributed by atoms with Gasteiger partial charge >= 0.3 is 5.97 Å². The number of unbranched alkanes of at least 4 members (excludes halogenated alkanes) is 1. The Kier molecular flexibility index (Phi) is 7.17. The second-order valence-electron chi connectivity index (χ2n) is 4.16. The quantitative estimate of drug-likeness (QED) is 0.454. The van der Waals surface area contributed by atoms with Crippen LogP contribution in [0.5, 0.6) is 0 Å². The Bertz CT molecular complexity index is 193. The average molecular weight is 229 g/mol. The largest absolute Gasteiger partial charge is 0.463 e. The average Bonchev–Trinajstić information content (AvgIpc) is 3.10. The summed E-state index contributed by atoms with van der Waals surface area (Å²) in [5.41, 5.74) is 0. The number of hydrogen-bond acceptors (Lipinski definition) is 4. The molecule has 1 aliphatic carbocycles. The van der Waals surface area contributed by atoms with E-state index in [4.69, 9.17) is 9.47 Å². The molecule has 0 atom stereocenters. The van der Waals surface area contributed by atoms with Crippen molar-refractivity contribution in [2.75, 3.05) is 32.9 Å². The van der Waals surface area contributed by atoms with E-state index in [9.17, 15) is 4.79 Å². The van der Waals surface area contributed by atoms with Gasteiger partial charge in [-0.3, -0.25) is 4.79 Å². The first-order valence-corrected chi connectivity index (χ1v) is 6.29. The first kappa shape index (κ1) is 13.5. The van der Waals surface area contributed by atoms with Crippen LogP contribution in [0, 0.1) is 5.92 Å². The zero-order valence-electron chi connectivity index (χ0n) is 10.2. The molecule has 0 bridgehead atoms. The molecular weight excluding hydrogens is 206 g/mol. The van der Waals surface area contributed by atoms with Crippen LogP contribution in [0.25, 0.3) is 0 Å². The van der Waals surface area contributed by atoms with Crippen LogP contribution in [-0.2, 0) is 14.3 Å². The summed E-state index contributed by atoms with van der Waals surface area (Å²) in [5, 5.41) is 3.28. The number of carbonyl (C=O) groups excluding carboxylic acids is 1. The van der Waals surface area contributed by atoms with Gasteiger partial charge < -0.3 is 14.8 Å². The molecule has 1 N–H and O–H groups in total. The van der Waals surface area contributed by atoms with Crippen LogP contribution in [-0.4, -0.2) is 38.9 Å². The number of nitrogens with one attached hydrogen (secondary N) is 1. The van der Waals surface area contributed by atoms with Crippen molar-refractivity contribution in [2.24, 2.45) is 5.92 Å².